The molecule has 0 amide bonds. The zero-order valence-electron chi connectivity index (χ0n) is 11.1. The number of carbonyl (C=O) groups excluding carboxylic acids is 1. The fourth-order valence-electron chi connectivity index (χ4n) is 3.26. The lowest BCUT2D eigenvalue weighted by Gasteiger charge is -2.45. The van der Waals surface area contributed by atoms with Crippen LogP contribution in [-0.4, -0.2) is 31.2 Å². The molecule has 0 saturated carbocycles. The van der Waals surface area contributed by atoms with Crippen molar-refractivity contribution in [1.29, 1.82) is 5.26 Å². The number of ether oxygens (including phenoxy) is 1. The van der Waals surface area contributed by atoms with E-state index < -0.39 is 5.60 Å². The monoisotopic (exact) mass is 292 g/mol. The summed E-state index contributed by atoms with van der Waals surface area (Å²) in [6, 6.07) is 11.2. The number of hydrogen-bond acceptors (Lipinski definition) is 3. The average molecular weight is 293 g/mol. The zero-order chi connectivity index (χ0) is 13.3. The molecule has 1 aromatic rings. The average Bonchev–Trinajstić information content (AvgIpc) is 2.49. The fourth-order valence-corrected chi connectivity index (χ4v) is 3.26. The second-order valence-electron chi connectivity index (χ2n) is 5.46. The Morgan fingerprint density at radius 3 is 2.45 bits per heavy atom. The van der Waals surface area contributed by atoms with Crippen LogP contribution >= 0.6 is 0 Å². The van der Waals surface area contributed by atoms with Crippen LogP contribution in [0.2, 0.25) is 0 Å². The first-order chi connectivity index (χ1) is 9.23. The molecule has 3 fully saturated rings. The third-order valence-corrected chi connectivity index (χ3v) is 4.34. The van der Waals surface area contributed by atoms with Crippen LogP contribution in [0.15, 0.2) is 30.3 Å². The van der Waals surface area contributed by atoms with E-state index in [1.807, 2.05) is 6.07 Å². The second-order valence-corrected chi connectivity index (χ2v) is 5.46. The summed E-state index contributed by atoms with van der Waals surface area (Å²) in [6.07, 6.45) is 1.95. The van der Waals surface area contributed by atoms with Crippen molar-refractivity contribution in [2.45, 2.75) is 18.4 Å². The quantitative estimate of drug-likeness (QED) is 0.609. The first kappa shape index (κ1) is 14.8. The summed E-state index contributed by atoms with van der Waals surface area (Å²) in [7, 11) is 0. The van der Waals surface area contributed by atoms with E-state index in [-0.39, 0.29) is 24.3 Å². The molecule has 0 spiro atoms. The van der Waals surface area contributed by atoms with Gasteiger partial charge < -0.3 is 22.0 Å². The maximum absolute atomic E-state index is 12.2. The van der Waals surface area contributed by atoms with Gasteiger partial charge in [-0.3, -0.25) is 0 Å². The smallest absolute Gasteiger partial charge is 0.339 e. The number of nitriles is 1. The topological polar surface area (TPSA) is 54.5 Å². The lowest BCUT2D eigenvalue weighted by molar-refractivity contribution is -0.923. The Kier molecular flexibility index (Phi) is 4.32. The highest BCUT2D eigenvalue weighted by Crippen LogP contribution is 2.31. The van der Waals surface area contributed by atoms with E-state index in [9.17, 15) is 10.1 Å². The van der Waals surface area contributed by atoms with Gasteiger partial charge in [-0.15, -0.1) is 0 Å². The SMILES string of the molecule is N#CC1(OC(=O)c2ccccc2)C[NH+]2CCC1CC2.[Cl-]. The molecule has 1 unspecified atom stereocenters. The van der Waals surface area contributed by atoms with Crippen LogP contribution in [-0.2, 0) is 4.74 Å². The summed E-state index contributed by atoms with van der Waals surface area (Å²) in [6.45, 7) is 2.82. The van der Waals surface area contributed by atoms with Gasteiger partial charge in [0.05, 0.1) is 18.7 Å². The van der Waals surface area contributed by atoms with Crippen molar-refractivity contribution in [2.75, 3.05) is 19.6 Å². The molecule has 0 aromatic heterocycles. The van der Waals surface area contributed by atoms with Gasteiger partial charge in [-0.25, -0.2) is 4.79 Å². The number of piperidine rings is 3. The summed E-state index contributed by atoms with van der Waals surface area (Å²) >= 11 is 0. The molecular formula is C15H17ClN2O2. The minimum absolute atomic E-state index is 0. The van der Waals surface area contributed by atoms with Gasteiger partial charge in [-0.1, -0.05) is 18.2 Å². The van der Waals surface area contributed by atoms with Crippen LogP contribution in [0.25, 0.3) is 0 Å². The van der Waals surface area contributed by atoms with Crippen molar-refractivity contribution in [1.82, 2.24) is 0 Å². The van der Waals surface area contributed by atoms with E-state index in [0.717, 1.165) is 25.9 Å². The molecule has 20 heavy (non-hydrogen) atoms. The van der Waals surface area contributed by atoms with E-state index in [2.05, 4.69) is 6.07 Å². The number of rotatable bonds is 2. The molecule has 4 rings (SSSR count). The molecule has 1 aromatic carbocycles. The van der Waals surface area contributed by atoms with Crippen molar-refractivity contribution in [3.63, 3.8) is 0 Å². The standard InChI is InChI=1S/C15H16N2O2.ClH/c16-10-15(11-17-8-6-13(15)7-9-17)19-14(18)12-4-2-1-3-5-12;/h1-5,13H,6-9,11H2;1H. The maximum atomic E-state index is 12.2. The molecule has 1 atom stereocenters. The molecule has 3 aliphatic heterocycles. The van der Waals surface area contributed by atoms with Crippen LogP contribution in [0.4, 0.5) is 0 Å². The summed E-state index contributed by atoms with van der Waals surface area (Å²) in [4.78, 5) is 13.6. The summed E-state index contributed by atoms with van der Waals surface area (Å²) in [5.41, 5.74) is -0.401. The third kappa shape index (κ3) is 2.52. The molecule has 106 valence electrons. The maximum Gasteiger partial charge on any atom is 0.339 e. The Bertz CT molecular complexity index is 520. The molecule has 4 nitrogen and oxygen atoms in total. The number of quaternary nitrogens is 1. The van der Waals surface area contributed by atoms with Crippen LogP contribution in [0.1, 0.15) is 23.2 Å². The predicted molar refractivity (Wildman–Crippen MR) is 68.5 cm³/mol. The van der Waals surface area contributed by atoms with Gasteiger partial charge in [0, 0.05) is 18.8 Å². The number of hydrogen-bond donors (Lipinski definition) is 1. The van der Waals surface area contributed by atoms with Crippen molar-refractivity contribution < 1.29 is 26.8 Å². The molecule has 3 heterocycles. The van der Waals surface area contributed by atoms with E-state index >= 15 is 0 Å². The first-order valence-electron chi connectivity index (χ1n) is 6.77. The van der Waals surface area contributed by atoms with E-state index in [1.165, 1.54) is 4.90 Å². The predicted octanol–water partition coefficient (Wildman–Crippen LogP) is -2.58. The third-order valence-electron chi connectivity index (χ3n) is 4.34. The highest BCUT2D eigenvalue weighted by molar-refractivity contribution is 5.89. The highest BCUT2D eigenvalue weighted by atomic mass is 35.5. The lowest BCUT2D eigenvalue weighted by Crippen LogP contribution is -3.17. The van der Waals surface area contributed by atoms with E-state index in [4.69, 9.17) is 4.74 Å². The number of fused-ring (bicyclic) bond motifs is 3. The largest absolute Gasteiger partial charge is 1.00 e. The fraction of sp³-hybridized carbons (Fsp3) is 0.467. The van der Waals surface area contributed by atoms with Crippen LogP contribution in [0.3, 0.4) is 0 Å². The number of esters is 1. The van der Waals surface area contributed by atoms with Gasteiger partial charge in [-0.2, -0.15) is 5.26 Å². The Labute approximate surface area is 124 Å². The number of carbonyl (C=O) groups is 1. The highest BCUT2D eigenvalue weighted by Gasteiger charge is 2.53. The molecule has 5 heteroatoms. The van der Waals surface area contributed by atoms with Crippen molar-refractivity contribution in [2.24, 2.45) is 5.92 Å². The van der Waals surface area contributed by atoms with Crippen LogP contribution < -0.4 is 17.3 Å². The zero-order valence-corrected chi connectivity index (χ0v) is 11.9. The van der Waals surface area contributed by atoms with E-state index in [1.54, 1.807) is 24.3 Å². The number of benzene rings is 1. The lowest BCUT2D eigenvalue weighted by atomic mass is 9.76. The minimum Gasteiger partial charge on any atom is -1.00 e. The van der Waals surface area contributed by atoms with Crippen molar-refractivity contribution in [3.8, 4) is 6.07 Å². The molecule has 1 N–H and O–H groups in total. The molecule has 3 aliphatic rings. The van der Waals surface area contributed by atoms with Gasteiger partial charge in [-0.05, 0) is 12.1 Å². The molecule has 0 radical (unpaired) electrons. The van der Waals surface area contributed by atoms with Gasteiger partial charge >= 0.3 is 5.97 Å². The minimum atomic E-state index is -0.918. The normalized spacial score (nSPS) is 30.9. The Morgan fingerprint density at radius 2 is 1.95 bits per heavy atom. The molecule has 0 aliphatic carbocycles. The van der Waals surface area contributed by atoms with E-state index in [0.29, 0.717) is 12.1 Å². The first-order valence-corrected chi connectivity index (χ1v) is 6.77. The summed E-state index contributed by atoms with van der Waals surface area (Å²) in [5.74, 6) is -0.182. The van der Waals surface area contributed by atoms with Crippen molar-refractivity contribution >= 4 is 5.97 Å². The second kappa shape index (κ2) is 5.82. The number of nitrogens with one attached hydrogen (secondary N) is 1. The van der Waals surface area contributed by atoms with Gasteiger partial charge in [0.25, 0.3) is 0 Å². The Hall–Kier alpha value is -1.57. The van der Waals surface area contributed by atoms with Crippen LogP contribution in [0, 0.1) is 17.2 Å². The number of halogens is 1. The van der Waals surface area contributed by atoms with Gasteiger partial charge in [0.1, 0.15) is 12.6 Å². The summed E-state index contributed by atoms with van der Waals surface area (Å²) in [5, 5.41) is 9.52. The molecule has 3 saturated heterocycles. The van der Waals surface area contributed by atoms with Gasteiger partial charge in [0.2, 0.25) is 5.60 Å². The van der Waals surface area contributed by atoms with Crippen LogP contribution in [0.5, 0.6) is 0 Å². The van der Waals surface area contributed by atoms with Crippen molar-refractivity contribution in [3.05, 3.63) is 35.9 Å². The number of nitrogens with zero attached hydrogens (tertiary/aromatic N) is 1. The Morgan fingerprint density at radius 1 is 1.30 bits per heavy atom. The molecule has 2 bridgehead atoms. The summed E-state index contributed by atoms with van der Waals surface area (Å²) < 4.78 is 5.63. The van der Waals surface area contributed by atoms with Gasteiger partial charge in [0.15, 0.2) is 0 Å². The Balaban J connectivity index is 0.00000147. The molecular weight excluding hydrogens is 276 g/mol.